The van der Waals surface area contributed by atoms with Gasteiger partial charge >= 0.3 is 0 Å². The minimum atomic E-state index is -0.182. The number of aromatic nitrogens is 2. The van der Waals surface area contributed by atoms with Crippen molar-refractivity contribution in [2.45, 2.75) is 27.7 Å². The standard InChI is InChI=1S/C19H21N3O2/c1-5-24-16-7-6-8-22-17(14(4)20-18(16)22)19(23)21-15-10-12(2)9-13(3)11-15/h6-11H,5H2,1-4H3,(H,21,23). The summed E-state index contributed by atoms with van der Waals surface area (Å²) in [4.78, 5) is 17.3. The molecule has 124 valence electrons. The molecule has 5 nitrogen and oxygen atoms in total. The Labute approximate surface area is 141 Å². The molecule has 0 aliphatic carbocycles. The van der Waals surface area contributed by atoms with E-state index in [0.717, 1.165) is 16.8 Å². The average Bonchev–Trinajstić information content (AvgIpc) is 2.83. The van der Waals surface area contributed by atoms with E-state index in [0.29, 0.717) is 29.4 Å². The van der Waals surface area contributed by atoms with Gasteiger partial charge in [0.25, 0.3) is 5.91 Å². The summed E-state index contributed by atoms with van der Waals surface area (Å²) < 4.78 is 7.38. The van der Waals surface area contributed by atoms with Crippen LogP contribution in [0.3, 0.4) is 0 Å². The summed E-state index contributed by atoms with van der Waals surface area (Å²) in [6.45, 7) is 8.33. The van der Waals surface area contributed by atoms with Crippen LogP contribution >= 0.6 is 0 Å². The number of carbonyl (C=O) groups is 1. The van der Waals surface area contributed by atoms with E-state index in [4.69, 9.17) is 4.74 Å². The molecule has 1 aromatic carbocycles. The summed E-state index contributed by atoms with van der Waals surface area (Å²) in [5, 5.41) is 2.97. The van der Waals surface area contributed by atoms with Crippen molar-refractivity contribution in [2.75, 3.05) is 11.9 Å². The van der Waals surface area contributed by atoms with E-state index in [2.05, 4.69) is 16.4 Å². The smallest absolute Gasteiger partial charge is 0.274 e. The summed E-state index contributed by atoms with van der Waals surface area (Å²) in [7, 11) is 0. The summed E-state index contributed by atoms with van der Waals surface area (Å²) >= 11 is 0. The van der Waals surface area contributed by atoms with Crippen LogP contribution in [0.2, 0.25) is 0 Å². The molecule has 5 heteroatoms. The third-order valence-electron chi connectivity index (χ3n) is 3.78. The van der Waals surface area contributed by atoms with Crippen LogP contribution in [0.25, 0.3) is 5.65 Å². The second kappa shape index (κ2) is 6.35. The van der Waals surface area contributed by atoms with Crippen LogP contribution in [0, 0.1) is 20.8 Å². The Balaban J connectivity index is 2.00. The van der Waals surface area contributed by atoms with E-state index >= 15 is 0 Å². The van der Waals surface area contributed by atoms with Crippen molar-refractivity contribution >= 4 is 17.2 Å². The third-order valence-corrected chi connectivity index (χ3v) is 3.78. The van der Waals surface area contributed by atoms with Gasteiger partial charge in [-0.15, -0.1) is 0 Å². The molecule has 0 unspecified atom stereocenters. The quantitative estimate of drug-likeness (QED) is 0.792. The van der Waals surface area contributed by atoms with Gasteiger partial charge in [-0.1, -0.05) is 6.07 Å². The Morgan fingerprint density at radius 1 is 1.21 bits per heavy atom. The monoisotopic (exact) mass is 323 g/mol. The van der Waals surface area contributed by atoms with Crippen molar-refractivity contribution < 1.29 is 9.53 Å². The van der Waals surface area contributed by atoms with Gasteiger partial charge in [-0.25, -0.2) is 4.98 Å². The molecule has 0 aliphatic rings. The summed E-state index contributed by atoms with van der Waals surface area (Å²) in [6, 6.07) is 9.69. The molecule has 0 saturated heterocycles. The van der Waals surface area contributed by atoms with Gasteiger partial charge in [-0.05, 0) is 63.1 Å². The normalized spacial score (nSPS) is 10.8. The fraction of sp³-hybridized carbons (Fsp3) is 0.263. The van der Waals surface area contributed by atoms with Gasteiger partial charge in [0.15, 0.2) is 11.4 Å². The van der Waals surface area contributed by atoms with E-state index in [1.54, 1.807) is 4.40 Å². The number of amides is 1. The molecule has 0 atom stereocenters. The third kappa shape index (κ3) is 2.97. The summed E-state index contributed by atoms with van der Waals surface area (Å²) in [5.41, 5.74) is 4.85. The maximum atomic E-state index is 12.8. The van der Waals surface area contributed by atoms with Crippen LogP contribution in [0.4, 0.5) is 5.69 Å². The maximum Gasteiger partial charge on any atom is 0.274 e. The Morgan fingerprint density at radius 2 is 1.92 bits per heavy atom. The van der Waals surface area contributed by atoms with Crippen LogP contribution in [-0.2, 0) is 0 Å². The molecular formula is C19H21N3O2. The predicted molar refractivity (Wildman–Crippen MR) is 95.0 cm³/mol. The molecule has 1 N–H and O–H groups in total. The largest absolute Gasteiger partial charge is 0.490 e. The number of pyridine rings is 1. The van der Waals surface area contributed by atoms with Gasteiger partial charge in [-0.2, -0.15) is 0 Å². The summed E-state index contributed by atoms with van der Waals surface area (Å²) in [6.07, 6.45) is 1.83. The number of anilines is 1. The number of imidazole rings is 1. The van der Waals surface area contributed by atoms with Gasteiger partial charge in [0.05, 0.1) is 12.3 Å². The topological polar surface area (TPSA) is 55.6 Å². The van der Waals surface area contributed by atoms with Gasteiger partial charge in [0.2, 0.25) is 0 Å². The number of fused-ring (bicyclic) bond motifs is 1. The number of ether oxygens (including phenoxy) is 1. The van der Waals surface area contributed by atoms with Crippen LogP contribution in [-0.4, -0.2) is 21.9 Å². The van der Waals surface area contributed by atoms with Gasteiger partial charge in [-0.3, -0.25) is 9.20 Å². The molecule has 2 aromatic heterocycles. The number of benzene rings is 1. The average molecular weight is 323 g/mol. The lowest BCUT2D eigenvalue weighted by molar-refractivity contribution is 0.102. The van der Waals surface area contributed by atoms with Crippen molar-refractivity contribution in [3.8, 4) is 5.75 Å². The highest BCUT2D eigenvalue weighted by atomic mass is 16.5. The zero-order valence-electron chi connectivity index (χ0n) is 14.4. The molecule has 3 rings (SSSR count). The minimum absolute atomic E-state index is 0.182. The Hall–Kier alpha value is -2.82. The lowest BCUT2D eigenvalue weighted by Crippen LogP contribution is -2.15. The molecule has 0 aliphatic heterocycles. The van der Waals surface area contributed by atoms with E-state index < -0.39 is 0 Å². The highest BCUT2D eigenvalue weighted by Gasteiger charge is 2.19. The summed E-state index contributed by atoms with van der Waals surface area (Å²) in [5.74, 6) is 0.493. The number of carbonyl (C=O) groups excluding carboxylic acids is 1. The molecular weight excluding hydrogens is 302 g/mol. The van der Waals surface area contributed by atoms with Crippen molar-refractivity contribution in [3.05, 3.63) is 59.0 Å². The van der Waals surface area contributed by atoms with Crippen molar-refractivity contribution in [3.63, 3.8) is 0 Å². The van der Waals surface area contributed by atoms with Gasteiger partial charge in [0.1, 0.15) is 5.69 Å². The first-order valence-corrected chi connectivity index (χ1v) is 7.99. The number of rotatable bonds is 4. The molecule has 0 bridgehead atoms. The van der Waals surface area contributed by atoms with Crippen LogP contribution in [0.15, 0.2) is 36.5 Å². The van der Waals surface area contributed by atoms with Crippen molar-refractivity contribution in [1.82, 2.24) is 9.38 Å². The second-order valence-electron chi connectivity index (χ2n) is 5.88. The zero-order chi connectivity index (χ0) is 17.3. The Kier molecular flexibility index (Phi) is 4.25. The highest BCUT2D eigenvalue weighted by molar-refractivity contribution is 6.04. The maximum absolute atomic E-state index is 12.8. The van der Waals surface area contributed by atoms with Crippen LogP contribution < -0.4 is 10.1 Å². The molecule has 0 saturated carbocycles. The Morgan fingerprint density at radius 3 is 2.58 bits per heavy atom. The van der Waals surface area contributed by atoms with E-state index in [9.17, 15) is 4.79 Å². The number of nitrogens with one attached hydrogen (secondary N) is 1. The van der Waals surface area contributed by atoms with Crippen molar-refractivity contribution in [1.29, 1.82) is 0 Å². The molecule has 0 radical (unpaired) electrons. The van der Waals surface area contributed by atoms with Gasteiger partial charge in [0, 0.05) is 11.9 Å². The zero-order valence-corrected chi connectivity index (χ0v) is 14.4. The fourth-order valence-electron chi connectivity index (χ4n) is 2.93. The number of aryl methyl sites for hydroxylation is 3. The first-order chi connectivity index (χ1) is 11.5. The molecule has 0 spiro atoms. The molecule has 3 aromatic rings. The van der Waals surface area contributed by atoms with Crippen LogP contribution in [0.1, 0.15) is 34.2 Å². The SMILES string of the molecule is CCOc1cccn2c(C(=O)Nc3cc(C)cc(C)c3)c(C)nc12. The first kappa shape index (κ1) is 16.1. The number of hydrogen-bond acceptors (Lipinski definition) is 3. The number of nitrogens with zero attached hydrogens (tertiary/aromatic N) is 2. The van der Waals surface area contributed by atoms with Crippen molar-refractivity contribution in [2.24, 2.45) is 0 Å². The molecule has 1 amide bonds. The lowest BCUT2D eigenvalue weighted by Gasteiger charge is -2.09. The van der Waals surface area contributed by atoms with E-state index in [1.807, 2.05) is 58.2 Å². The van der Waals surface area contributed by atoms with Crippen LogP contribution in [0.5, 0.6) is 5.75 Å². The lowest BCUT2D eigenvalue weighted by atomic mass is 10.1. The predicted octanol–water partition coefficient (Wildman–Crippen LogP) is 3.91. The van der Waals surface area contributed by atoms with E-state index in [1.165, 1.54) is 0 Å². The molecule has 24 heavy (non-hydrogen) atoms. The first-order valence-electron chi connectivity index (χ1n) is 7.99. The minimum Gasteiger partial charge on any atom is -0.490 e. The van der Waals surface area contributed by atoms with E-state index in [-0.39, 0.29) is 5.91 Å². The van der Waals surface area contributed by atoms with Gasteiger partial charge < -0.3 is 10.1 Å². The Bertz CT molecular complexity index is 892. The second-order valence-corrected chi connectivity index (χ2v) is 5.88. The number of hydrogen-bond donors (Lipinski definition) is 1. The fourth-order valence-corrected chi connectivity index (χ4v) is 2.93. The molecule has 0 fully saturated rings. The molecule has 2 heterocycles. The highest BCUT2D eigenvalue weighted by Crippen LogP contribution is 2.23.